The van der Waals surface area contributed by atoms with Crippen molar-refractivity contribution in [3.8, 4) is 0 Å². The molecule has 0 radical (unpaired) electrons. The van der Waals surface area contributed by atoms with E-state index in [0.29, 0.717) is 17.1 Å². The van der Waals surface area contributed by atoms with Crippen LogP contribution in [0.1, 0.15) is 19.3 Å². The van der Waals surface area contributed by atoms with E-state index in [9.17, 15) is 4.79 Å². The number of rotatable bonds is 1. The second-order valence-electron chi connectivity index (χ2n) is 5.65. The van der Waals surface area contributed by atoms with Crippen molar-refractivity contribution in [2.24, 2.45) is 5.92 Å². The number of piperidine rings is 1. The molecule has 2 aliphatic rings. The summed E-state index contributed by atoms with van der Waals surface area (Å²) in [7, 11) is 0. The molecule has 2 bridgehead atoms. The lowest BCUT2D eigenvalue weighted by atomic mass is 10.1. The molecule has 2 heterocycles. The number of hydrogen-bond donors (Lipinski definition) is 2. The lowest BCUT2D eigenvalue weighted by Gasteiger charge is -2.30. The van der Waals surface area contributed by atoms with Gasteiger partial charge in [0.15, 0.2) is 0 Å². The fourth-order valence-electron chi connectivity index (χ4n) is 3.59. The van der Waals surface area contributed by atoms with Gasteiger partial charge in [-0.3, -0.25) is 4.79 Å². The number of nitrogens with two attached hydrogens (primary N) is 1. The molecule has 4 rings (SSSR count). The summed E-state index contributed by atoms with van der Waals surface area (Å²) in [5.74, 6) is 0.812. The Hall–Kier alpha value is -2.04. The number of fused-ring (bicyclic) bond motifs is 3. The molecule has 1 aliphatic heterocycles. The first-order chi connectivity index (χ1) is 9.22. The van der Waals surface area contributed by atoms with E-state index in [-0.39, 0.29) is 5.56 Å². The Labute approximate surface area is 110 Å². The van der Waals surface area contributed by atoms with E-state index >= 15 is 0 Å². The van der Waals surface area contributed by atoms with Gasteiger partial charge in [0.05, 0.1) is 28.6 Å². The van der Waals surface area contributed by atoms with Gasteiger partial charge in [-0.25, -0.2) is 4.98 Å². The summed E-state index contributed by atoms with van der Waals surface area (Å²) in [5, 5.41) is 0.563. The zero-order chi connectivity index (χ0) is 13.0. The number of benzene rings is 1. The molecule has 98 valence electrons. The maximum atomic E-state index is 11.7. The van der Waals surface area contributed by atoms with Crippen LogP contribution in [-0.4, -0.2) is 22.6 Å². The fourth-order valence-corrected chi connectivity index (χ4v) is 3.59. The summed E-state index contributed by atoms with van der Waals surface area (Å²) in [6, 6.07) is 4.33. The molecule has 2 atom stereocenters. The van der Waals surface area contributed by atoms with Gasteiger partial charge in [0.25, 0.3) is 5.56 Å². The molecule has 1 aromatic carbocycles. The number of aromatic amines is 1. The molecule has 2 aromatic rings. The van der Waals surface area contributed by atoms with Crippen molar-refractivity contribution in [3.63, 3.8) is 0 Å². The number of nitrogen functional groups attached to an aromatic ring is 1. The predicted molar refractivity (Wildman–Crippen MR) is 75.3 cm³/mol. The fraction of sp³-hybridized carbons (Fsp3) is 0.429. The van der Waals surface area contributed by atoms with Crippen LogP contribution in [0.15, 0.2) is 23.3 Å². The van der Waals surface area contributed by atoms with Gasteiger partial charge < -0.3 is 15.6 Å². The first-order valence-electron chi connectivity index (χ1n) is 6.76. The van der Waals surface area contributed by atoms with Gasteiger partial charge in [0, 0.05) is 12.6 Å². The molecule has 0 spiro atoms. The SMILES string of the molecule is Nc1cc2c(=O)[nH]cnc2cc1N1CC2CCC1C2. The van der Waals surface area contributed by atoms with Crippen molar-refractivity contribution in [3.05, 3.63) is 28.8 Å². The Morgan fingerprint density at radius 2 is 2.26 bits per heavy atom. The Morgan fingerprint density at radius 3 is 3.00 bits per heavy atom. The maximum absolute atomic E-state index is 11.7. The van der Waals surface area contributed by atoms with E-state index in [4.69, 9.17) is 5.73 Å². The van der Waals surface area contributed by atoms with Crippen LogP contribution in [0.25, 0.3) is 10.9 Å². The van der Waals surface area contributed by atoms with Crippen LogP contribution in [0.5, 0.6) is 0 Å². The summed E-state index contributed by atoms with van der Waals surface area (Å²) < 4.78 is 0. The van der Waals surface area contributed by atoms with Gasteiger partial charge >= 0.3 is 0 Å². The molecule has 1 aromatic heterocycles. The van der Waals surface area contributed by atoms with E-state index in [1.54, 1.807) is 6.07 Å². The van der Waals surface area contributed by atoms with E-state index in [2.05, 4.69) is 14.9 Å². The highest BCUT2D eigenvalue weighted by Gasteiger charge is 2.38. The smallest absolute Gasteiger partial charge is 0.258 e. The third-order valence-corrected chi connectivity index (χ3v) is 4.51. The second-order valence-corrected chi connectivity index (χ2v) is 5.65. The molecule has 5 heteroatoms. The van der Waals surface area contributed by atoms with Gasteiger partial charge in [-0.2, -0.15) is 0 Å². The van der Waals surface area contributed by atoms with Crippen molar-refractivity contribution in [2.45, 2.75) is 25.3 Å². The molecular formula is C14H16N4O. The molecule has 1 saturated heterocycles. The highest BCUT2D eigenvalue weighted by Crippen LogP contribution is 2.42. The van der Waals surface area contributed by atoms with Crippen LogP contribution in [0.3, 0.4) is 0 Å². The minimum absolute atomic E-state index is 0.133. The van der Waals surface area contributed by atoms with Crippen molar-refractivity contribution < 1.29 is 0 Å². The van der Waals surface area contributed by atoms with Crippen molar-refractivity contribution >= 4 is 22.3 Å². The van der Waals surface area contributed by atoms with Crippen LogP contribution >= 0.6 is 0 Å². The normalized spacial score (nSPS) is 25.4. The monoisotopic (exact) mass is 256 g/mol. The average Bonchev–Trinajstić information content (AvgIpc) is 3.01. The lowest BCUT2D eigenvalue weighted by Crippen LogP contribution is -2.32. The van der Waals surface area contributed by atoms with Gasteiger partial charge in [0.2, 0.25) is 0 Å². The summed E-state index contributed by atoms with van der Waals surface area (Å²) in [5.41, 5.74) is 8.45. The van der Waals surface area contributed by atoms with Crippen molar-refractivity contribution in [2.75, 3.05) is 17.2 Å². The van der Waals surface area contributed by atoms with Crippen LogP contribution in [-0.2, 0) is 0 Å². The molecule has 2 fully saturated rings. The lowest BCUT2D eigenvalue weighted by molar-refractivity contribution is 0.554. The molecule has 2 unspecified atom stereocenters. The van der Waals surface area contributed by atoms with Gasteiger partial charge in [0.1, 0.15) is 0 Å². The number of nitrogens with zero attached hydrogens (tertiary/aromatic N) is 2. The quantitative estimate of drug-likeness (QED) is 0.758. The van der Waals surface area contributed by atoms with Gasteiger partial charge in [-0.05, 0) is 37.3 Å². The molecule has 1 aliphatic carbocycles. The molecule has 1 saturated carbocycles. The first kappa shape index (κ1) is 10.8. The largest absolute Gasteiger partial charge is 0.397 e. The van der Waals surface area contributed by atoms with Crippen molar-refractivity contribution in [1.82, 2.24) is 9.97 Å². The number of H-pyrrole nitrogens is 1. The number of anilines is 2. The molecule has 19 heavy (non-hydrogen) atoms. The van der Waals surface area contributed by atoms with E-state index < -0.39 is 0 Å². The highest BCUT2D eigenvalue weighted by molar-refractivity contribution is 5.88. The standard InChI is InChI=1S/C14H16N4O/c15-11-4-10-12(16-7-17-14(10)19)5-13(11)18-6-8-1-2-9(18)3-8/h4-5,7-9H,1-3,6,15H2,(H,16,17,19). The minimum Gasteiger partial charge on any atom is -0.397 e. The van der Waals surface area contributed by atoms with Crippen molar-refractivity contribution in [1.29, 1.82) is 0 Å². The van der Waals surface area contributed by atoms with E-state index in [0.717, 1.165) is 23.7 Å². The number of aromatic nitrogens is 2. The molecule has 5 nitrogen and oxygen atoms in total. The second kappa shape index (κ2) is 3.73. The summed E-state index contributed by atoms with van der Waals surface area (Å²) in [6.45, 7) is 1.09. The summed E-state index contributed by atoms with van der Waals surface area (Å²) in [6.07, 6.45) is 5.32. The predicted octanol–water partition coefficient (Wildman–Crippen LogP) is 1.49. The van der Waals surface area contributed by atoms with Gasteiger partial charge in [-0.15, -0.1) is 0 Å². The van der Waals surface area contributed by atoms with Crippen LogP contribution in [0, 0.1) is 5.92 Å². The Kier molecular flexibility index (Phi) is 2.13. The zero-order valence-corrected chi connectivity index (χ0v) is 10.6. The minimum atomic E-state index is -0.133. The van der Waals surface area contributed by atoms with E-state index in [1.165, 1.54) is 25.6 Å². The van der Waals surface area contributed by atoms with Crippen LogP contribution in [0.4, 0.5) is 11.4 Å². The average molecular weight is 256 g/mol. The summed E-state index contributed by atoms with van der Waals surface area (Å²) >= 11 is 0. The molecular weight excluding hydrogens is 240 g/mol. The van der Waals surface area contributed by atoms with E-state index in [1.807, 2.05) is 6.07 Å². The highest BCUT2D eigenvalue weighted by atomic mass is 16.1. The topological polar surface area (TPSA) is 75.0 Å². The zero-order valence-electron chi connectivity index (χ0n) is 10.6. The first-order valence-corrected chi connectivity index (χ1v) is 6.76. The number of hydrogen-bond acceptors (Lipinski definition) is 4. The third kappa shape index (κ3) is 1.54. The number of nitrogens with one attached hydrogen (secondary N) is 1. The van der Waals surface area contributed by atoms with Crippen LogP contribution < -0.4 is 16.2 Å². The Bertz CT molecular complexity index is 708. The molecule has 3 N–H and O–H groups in total. The third-order valence-electron chi connectivity index (χ3n) is 4.51. The Balaban J connectivity index is 1.87. The Morgan fingerprint density at radius 1 is 1.37 bits per heavy atom. The summed E-state index contributed by atoms with van der Waals surface area (Å²) in [4.78, 5) is 20.9. The molecule has 0 amide bonds. The van der Waals surface area contributed by atoms with Gasteiger partial charge in [-0.1, -0.05) is 0 Å². The van der Waals surface area contributed by atoms with Crippen LogP contribution in [0.2, 0.25) is 0 Å². The maximum Gasteiger partial charge on any atom is 0.258 e.